The molecule has 1 fully saturated rings. The van der Waals surface area contributed by atoms with Crippen LogP contribution in [0.15, 0.2) is 24.3 Å². The minimum atomic E-state index is -0.449. The number of H-pyrrole nitrogens is 1. The summed E-state index contributed by atoms with van der Waals surface area (Å²) < 4.78 is 5.39. The Kier molecular flexibility index (Phi) is 7.98. The summed E-state index contributed by atoms with van der Waals surface area (Å²) in [5, 5.41) is 19.8. The van der Waals surface area contributed by atoms with E-state index < -0.39 is 6.04 Å². The number of methoxy groups -OCH3 is 1. The summed E-state index contributed by atoms with van der Waals surface area (Å²) in [4.78, 5) is 28.3. The predicted octanol–water partition coefficient (Wildman–Crippen LogP) is 3.11. The maximum absolute atomic E-state index is 13.1. The highest BCUT2D eigenvalue weighted by atomic mass is 16.5. The van der Waals surface area contributed by atoms with Gasteiger partial charge in [-0.2, -0.15) is 5.26 Å². The average molecular weight is 454 g/mol. The molecule has 3 atom stereocenters. The number of piperidine rings is 1. The molecule has 1 aromatic heterocycles. The van der Waals surface area contributed by atoms with Crippen LogP contribution in [-0.2, 0) is 4.79 Å². The van der Waals surface area contributed by atoms with Crippen LogP contribution in [0.25, 0.3) is 10.9 Å². The van der Waals surface area contributed by atoms with Gasteiger partial charge in [0.05, 0.1) is 19.2 Å². The number of aromatic nitrogens is 1. The van der Waals surface area contributed by atoms with Crippen LogP contribution in [0.3, 0.4) is 0 Å². The highest BCUT2D eigenvalue weighted by molar-refractivity contribution is 5.99. The SMILES string of the molecule is COc1cccc2[nH]c(C(=O)NC(CNC(C#N)CC3CCCNC3=O)CC(C)(C)C)cc12. The van der Waals surface area contributed by atoms with Crippen molar-refractivity contribution in [2.75, 3.05) is 20.2 Å². The van der Waals surface area contributed by atoms with Crippen molar-refractivity contribution in [1.82, 2.24) is 20.9 Å². The zero-order valence-corrected chi connectivity index (χ0v) is 20.0. The van der Waals surface area contributed by atoms with E-state index >= 15 is 0 Å². The Labute approximate surface area is 195 Å². The molecule has 0 radical (unpaired) electrons. The van der Waals surface area contributed by atoms with Gasteiger partial charge in [-0.25, -0.2) is 0 Å². The summed E-state index contributed by atoms with van der Waals surface area (Å²) >= 11 is 0. The molecule has 1 aliphatic rings. The smallest absolute Gasteiger partial charge is 0.267 e. The van der Waals surface area contributed by atoms with E-state index in [0.29, 0.717) is 31.0 Å². The summed E-state index contributed by atoms with van der Waals surface area (Å²) in [5.74, 6) is 0.383. The average Bonchev–Trinajstić information content (AvgIpc) is 3.21. The van der Waals surface area contributed by atoms with E-state index in [1.807, 2.05) is 18.2 Å². The normalized spacial score (nSPS) is 18.3. The molecule has 8 heteroatoms. The van der Waals surface area contributed by atoms with E-state index in [1.54, 1.807) is 13.2 Å². The lowest BCUT2D eigenvalue weighted by atomic mass is 9.87. The van der Waals surface area contributed by atoms with Gasteiger partial charge >= 0.3 is 0 Å². The summed E-state index contributed by atoms with van der Waals surface area (Å²) in [6.45, 7) is 7.51. The molecule has 0 bridgehead atoms. The lowest BCUT2D eigenvalue weighted by molar-refractivity contribution is -0.126. The Morgan fingerprint density at radius 3 is 2.82 bits per heavy atom. The number of fused-ring (bicyclic) bond motifs is 1. The van der Waals surface area contributed by atoms with Crippen LogP contribution in [-0.4, -0.2) is 49.1 Å². The molecule has 2 heterocycles. The van der Waals surface area contributed by atoms with Crippen LogP contribution < -0.4 is 20.7 Å². The van der Waals surface area contributed by atoms with Gasteiger partial charge in [0.1, 0.15) is 11.4 Å². The number of carbonyl (C=O) groups excluding carboxylic acids is 2. The van der Waals surface area contributed by atoms with Gasteiger partial charge in [-0.05, 0) is 49.3 Å². The van der Waals surface area contributed by atoms with Crippen LogP contribution in [0.4, 0.5) is 0 Å². The molecule has 3 rings (SSSR count). The Morgan fingerprint density at radius 2 is 2.15 bits per heavy atom. The third-order valence-corrected chi connectivity index (χ3v) is 5.97. The van der Waals surface area contributed by atoms with E-state index in [9.17, 15) is 14.9 Å². The topological polar surface area (TPSA) is 119 Å². The Balaban J connectivity index is 1.67. The van der Waals surface area contributed by atoms with Gasteiger partial charge in [0.25, 0.3) is 5.91 Å². The molecule has 3 unspecified atom stereocenters. The molecule has 1 saturated heterocycles. The molecule has 1 aliphatic heterocycles. The number of carbonyl (C=O) groups is 2. The number of aromatic amines is 1. The van der Waals surface area contributed by atoms with Crippen molar-refractivity contribution in [3.8, 4) is 11.8 Å². The molecular formula is C25H35N5O3. The predicted molar refractivity (Wildman–Crippen MR) is 128 cm³/mol. The first kappa shape index (κ1) is 24.6. The standard InChI is InChI=1S/C25H35N5O3/c1-25(2,3)13-18(15-28-17(14-26)11-16-7-6-10-27-23(16)31)29-24(32)21-12-19-20(30-21)8-5-9-22(19)33-4/h5,8-9,12,16-18,28,30H,6-7,10-11,13,15H2,1-4H3,(H,27,31)(H,29,32). The quantitative estimate of drug-likeness (QED) is 0.465. The first-order valence-electron chi connectivity index (χ1n) is 11.6. The van der Waals surface area contributed by atoms with E-state index in [0.717, 1.165) is 30.2 Å². The molecule has 178 valence electrons. The maximum Gasteiger partial charge on any atom is 0.267 e. The molecule has 4 N–H and O–H groups in total. The zero-order chi connectivity index (χ0) is 24.0. The Morgan fingerprint density at radius 1 is 1.36 bits per heavy atom. The largest absolute Gasteiger partial charge is 0.496 e. The van der Waals surface area contributed by atoms with Crippen molar-refractivity contribution in [2.45, 2.75) is 58.5 Å². The number of nitriles is 1. The van der Waals surface area contributed by atoms with Gasteiger partial charge in [-0.3, -0.25) is 14.9 Å². The minimum Gasteiger partial charge on any atom is -0.496 e. The van der Waals surface area contributed by atoms with Gasteiger partial charge in [-0.1, -0.05) is 26.8 Å². The summed E-state index contributed by atoms with van der Waals surface area (Å²) in [6.07, 6.45) is 2.95. The van der Waals surface area contributed by atoms with E-state index in [4.69, 9.17) is 4.74 Å². The van der Waals surface area contributed by atoms with Gasteiger partial charge in [0.2, 0.25) is 5.91 Å². The number of rotatable bonds is 9. The molecular weight excluding hydrogens is 418 g/mol. The van der Waals surface area contributed by atoms with Crippen LogP contribution in [0, 0.1) is 22.7 Å². The van der Waals surface area contributed by atoms with Gasteiger partial charge < -0.3 is 20.4 Å². The summed E-state index contributed by atoms with van der Waals surface area (Å²) in [6, 6.07) is 9.09. The lowest BCUT2D eigenvalue weighted by Crippen LogP contribution is -2.47. The van der Waals surface area contributed by atoms with E-state index in [-0.39, 0.29) is 29.2 Å². The minimum absolute atomic E-state index is 0.0192. The van der Waals surface area contributed by atoms with Crippen LogP contribution in [0.2, 0.25) is 0 Å². The zero-order valence-electron chi connectivity index (χ0n) is 20.0. The second-order valence-corrected chi connectivity index (χ2v) is 10.00. The van der Waals surface area contributed by atoms with Crippen LogP contribution >= 0.6 is 0 Å². The molecule has 8 nitrogen and oxygen atoms in total. The second-order valence-electron chi connectivity index (χ2n) is 10.00. The Bertz CT molecular complexity index is 1020. The molecule has 33 heavy (non-hydrogen) atoms. The van der Waals surface area contributed by atoms with Gasteiger partial charge in [0, 0.05) is 36.0 Å². The van der Waals surface area contributed by atoms with Crippen molar-refractivity contribution in [2.24, 2.45) is 11.3 Å². The van der Waals surface area contributed by atoms with Gasteiger partial charge in [-0.15, -0.1) is 0 Å². The van der Waals surface area contributed by atoms with Crippen LogP contribution in [0.5, 0.6) is 5.75 Å². The van der Waals surface area contributed by atoms with Crippen molar-refractivity contribution < 1.29 is 14.3 Å². The van der Waals surface area contributed by atoms with Crippen molar-refractivity contribution in [3.05, 3.63) is 30.0 Å². The number of amides is 2. The number of hydrogen-bond donors (Lipinski definition) is 4. The third-order valence-electron chi connectivity index (χ3n) is 5.97. The monoisotopic (exact) mass is 453 g/mol. The van der Waals surface area contributed by atoms with Crippen molar-refractivity contribution in [3.63, 3.8) is 0 Å². The fraction of sp³-hybridized carbons (Fsp3) is 0.560. The highest BCUT2D eigenvalue weighted by Crippen LogP contribution is 2.26. The molecule has 1 aromatic carbocycles. The van der Waals surface area contributed by atoms with Crippen molar-refractivity contribution in [1.29, 1.82) is 5.26 Å². The highest BCUT2D eigenvalue weighted by Gasteiger charge is 2.27. The first-order chi connectivity index (χ1) is 15.7. The van der Waals surface area contributed by atoms with Crippen molar-refractivity contribution >= 4 is 22.7 Å². The first-order valence-corrected chi connectivity index (χ1v) is 11.6. The number of nitrogens with one attached hydrogen (secondary N) is 4. The molecule has 0 spiro atoms. The van der Waals surface area contributed by atoms with Gasteiger partial charge in [0.15, 0.2) is 0 Å². The van der Waals surface area contributed by atoms with E-state index in [2.05, 4.69) is 47.8 Å². The second kappa shape index (κ2) is 10.7. The molecule has 2 aromatic rings. The van der Waals surface area contributed by atoms with E-state index in [1.165, 1.54) is 0 Å². The number of ether oxygens (including phenoxy) is 1. The maximum atomic E-state index is 13.1. The number of nitrogens with zero attached hydrogens (tertiary/aromatic N) is 1. The lowest BCUT2D eigenvalue weighted by Gasteiger charge is -2.29. The number of benzene rings is 1. The fourth-order valence-electron chi connectivity index (χ4n) is 4.42. The van der Waals surface area contributed by atoms with Crippen LogP contribution in [0.1, 0.15) is 56.9 Å². The molecule has 0 aliphatic carbocycles. The molecule has 0 saturated carbocycles. The fourth-order valence-corrected chi connectivity index (χ4v) is 4.42. The number of hydrogen-bond acceptors (Lipinski definition) is 5. The third kappa shape index (κ3) is 6.72. The summed E-state index contributed by atoms with van der Waals surface area (Å²) in [7, 11) is 1.61. The Hall–Kier alpha value is -3.05. The summed E-state index contributed by atoms with van der Waals surface area (Å²) in [5.41, 5.74) is 1.28. The molecule has 2 amide bonds.